The molecule has 2 aromatic carbocycles. The van der Waals surface area contributed by atoms with Crippen LogP contribution in [0.25, 0.3) is 5.69 Å². The highest BCUT2D eigenvalue weighted by atomic mass is 35.5. The van der Waals surface area contributed by atoms with E-state index >= 15 is 0 Å². The van der Waals surface area contributed by atoms with Crippen molar-refractivity contribution in [2.45, 2.75) is 17.6 Å². The maximum absolute atomic E-state index is 13.6. The van der Waals surface area contributed by atoms with Crippen molar-refractivity contribution >= 4 is 33.4 Å². The first kappa shape index (κ1) is 26.1. The molecule has 0 saturated heterocycles. The maximum Gasteiger partial charge on any atom is 0.417 e. The highest BCUT2D eigenvalue weighted by Gasteiger charge is 2.34. The molecule has 0 atom stereocenters. The lowest BCUT2D eigenvalue weighted by Crippen LogP contribution is -2.32. The van der Waals surface area contributed by atoms with Gasteiger partial charge in [0, 0.05) is 6.20 Å². The summed E-state index contributed by atoms with van der Waals surface area (Å²) in [4.78, 5) is 16.5. The van der Waals surface area contributed by atoms with Gasteiger partial charge >= 0.3 is 12.1 Å². The Morgan fingerprint density at radius 3 is 2.35 bits per heavy atom. The van der Waals surface area contributed by atoms with Gasteiger partial charge < -0.3 is 4.74 Å². The van der Waals surface area contributed by atoms with E-state index in [1.165, 1.54) is 30.2 Å². The first-order valence-corrected chi connectivity index (χ1v) is 12.2. The SMILES string of the molecule is COC(=O)c1ccc(S(=O)(=O)N(Cc2cnn(-c3ccccc3)n2)c2ncc(C(F)(F)F)cc2Cl)cc1. The molecule has 0 radical (unpaired) electrons. The van der Waals surface area contributed by atoms with Gasteiger partial charge in [0.1, 0.15) is 5.69 Å². The molecule has 0 aliphatic carbocycles. The van der Waals surface area contributed by atoms with Gasteiger partial charge in [0.05, 0.1) is 46.6 Å². The predicted octanol–water partition coefficient (Wildman–Crippen LogP) is 4.52. The summed E-state index contributed by atoms with van der Waals surface area (Å²) in [6.45, 7) is -0.452. The lowest BCUT2D eigenvalue weighted by atomic mass is 10.2. The predicted molar refractivity (Wildman–Crippen MR) is 127 cm³/mol. The summed E-state index contributed by atoms with van der Waals surface area (Å²) in [7, 11) is -3.28. The van der Waals surface area contributed by atoms with Gasteiger partial charge in [-0.3, -0.25) is 0 Å². The smallest absolute Gasteiger partial charge is 0.417 e. The number of ether oxygens (including phenoxy) is 1. The molecule has 0 aliphatic heterocycles. The first-order chi connectivity index (χ1) is 17.5. The number of carbonyl (C=O) groups is 1. The number of anilines is 1. The summed E-state index contributed by atoms with van der Waals surface area (Å²) >= 11 is 6.11. The Labute approximate surface area is 214 Å². The van der Waals surface area contributed by atoms with Gasteiger partial charge in [0.25, 0.3) is 10.0 Å². The van der Waals surface area contributed by atoms with E-state index < -0.39 is 45.1 Å². The van der Waals surface area contributed by atoms with Crippen molar-refractivity contribution in [1.82, 2.24) is 20.0 Å². The standard InChI is InChI=1S/C23H17ClF3N5O4S/c1-36-22(33)15-7-9-19(10-8-15)37(34,35)31(21-20(24)11-16(12-28-21)23(25,26)27)14-17-13-29-32(30-17)18-5-3-2-4-6-18/h2-13H,14H2,1H3. The molecular weight excluding hydrogens is 535 g/mol. The van der Waals surface area contributed by atoms with Gasteiger partial charge in [-0.25, -0.2) is 22.5 Å². The number of halogens is 4. The summed E-state index contributed by atoms with van der Waals surface area (Å²) < 4.78 is 72.1. The van der Waals surface area contributed by atoms with Crippen LogP contribution in [-0.2, 0) is 27.5 Å². The molecule has 0 amide bonds. The summed E-state index contributed by atoms with van der Waals surface area (Å²) in [6.07, 6.45) is -2.93. The van der Waals surface area contributed by atoms with Crippen molar-refractivity contribution < 1.29 is 31.1 Å². The highest BCUT2D eigenvalue weighted by molar-refractivity contribution is 7.92. The molecule has 4 aromatic rings. The molecule has 0 saturated carbocycles. The normalized spacial score (nSPS) is 11.8. The van der Waals surface area contributed by atoms with Gasteiger partial charge in [0.15, 0.2) is 5.82 Å². The second kappa shape index (κ2) is 10.2. The van der Waals surface area contributed by atoms with E-state index in [4.69, 9.17) is 11.6 Å². The van der Waals surface area contributed by atoms with E-state index in [0.29, 0.717) is 18.0 Å². The fourth-order valence-electron chi connectivity index (χ4n) is 3.25. The van der Waals surface area contributed by atoms with Crippen molar-refractivity contribution in [1.29, 1.82) is 0 Å². The van der Waals surface area contributed by atoms with Crippen LogP contribution in [0.4, 0.5) is 19.0 Å². The fraction of sp³-hybridized carbons (Fsp3) is 0.130. The average Bonchev–Trinajstić information content (AvgIpc) is 3.36. The number of alkyl halides is 3. The van der Waals surface area contributed by atoms with Crippen molar-refractivity contribution in [3.63, 3.8) is 0 Å². The second-order valence-electron chi connectivity index (χ2n) is 7.52. The zero-order chi connectivity index (χ0) is 26.8. The third kappa shape index (κ3) is 5.57. The minimum absolute atomic E-state index is 0.101. The monoisotopic (exact) mass is 551 g/mol. The van der Waals surface area contributed by atoms with Crippen LogP contribution in [-0.4, -0.2) is 41.5 Å². The molecule has 14 heteroatoms. The number of benzene rings is 2. The van der Waals surface area contributed by atoms with Crippen molar-refractivity contribution in [2.24, 2.45) is 0 Å². The number of methoxy groups -OCH3 is 1. The van der Waals surface area contributed by atoms with Gasteiger partial charge in [-0.05, 0) is 42.5 Å². The second-order valence-corrected chi connectivity index (χ2v) is 9.79. The van der Waals surface area contributed by atoms with Gasteiger partial charge in [-0.2, -0.15) is 28.2 Å². The first-order valence-electron chi connectivity index (χ1n) is 10.4. The van der Waals surface area contributed by atoms with Gasteiger partial charge in [0.2, 0.25) is 0 Å². The van der Waals surface area contributed by atoms with Crippen LogP contribution in [0.3, 0.4) is 0 Å². The lowest BCUT2D eigenvalue weighted by Gasteiger charge is -2.24. The molecule has 2 heterocycles. The van der Waals surface area contributed by atoms with Gasteiger partial charge in [-0.1, -0.05) is 29.8 Å². The molecule has 4 rings (SSSR count). The van der Waals surface area contributed by atoms with Crippen LogP contribution in [0.1, 0.15) is 21.6 Å². The van der Waals surface area contributed by atoms with E-state index in [1.54, 1.807) is 30.3 Å². The molecule has 192 valence electrons. The number of hydrogen-bond acceptors (Lipinski definition) is 7. The van der Waals surface area contributed by atoms with Crippen LogP contribution in [0.2, 0.25) is 5.02 Å². The van der Waals surface area contributed by atoms with E-state index in [0.717, 1.165) is 16.4 Å². The van der Waals surface area contributed by atoms with Crippen LogP contribution in [0.5, 0.6) is 0 Å². The number of aromatic nitrogens is 4. The number of rotatable bonds is 7. The Morgan fingerprint density at radius 2 is 1.76 bits per heavy atom. The Kier molecular flexibility index (Phi) is 7.18. The molecule has 2 aromatic heterocycles. The van der Waals surface area contributed by atoms with Crippen LogP contribution < -0.4 is 4.31 Å². The van der Waals surface area contributed by atoms with Crippen molar-refractivity contribution in [3.8, 4) is 5.69 Å². The number of pyridine rings is 1. The third-order valence-electron chi connectivity index (χ3n) is 5.08. The minimum Gasteiger partial charge on any atom is -0.465 e. The molecule has 37 heavy (non-hydrogen) atoms. The number of hydrogen-bond donors (Lipinski definition) is 0. The molecule has 9 nitrogen and oxygen atoms in total. The number of nitrogens with zero attached hydrogens (tertiary/aromatic N) is 5. The number of para-hydroxylation sites is 1. The molecule has 0 unspecified atom stereocenters. The summed E-state index contributed by atoms with van der Waals surface area (Å²) in [6, 6.07) is 14.2. The van der Waals surface area contributed by atoms with E-state index in [2.05, 4.69) is 19.9 Å². The molecule has 0 fully saturated rings. The largest absolute Gasteiger partial charge is 0.465 e. The summed E-state index contributed by atoms with van der Waals surface area (Å²) in [5, 5.41) is 7.86. The third-order valence-corrected chi connectivity index (χ3v) is 7.11. The zero-order valence-corrected chi connectivity index (χ0v) is 20.5. The average molecular weight is 552 g/mol. The Morgan fingerprint density at radius 1 is 1.08 bits per heavy atom. The Balaban J connectivity index is 1.77. The number of sulfonamides is 1. The topological polar surface area (TPSA) is 107 Å². The molecule has 0 spiro atoms. The molecular formula is C23H17ClF3N5O4S. The van der Waals surface area contributed by atoms with Crippen molar-refractivity contribution in [3.05, 3.63) is 94.9 Å². The molecule has 0 aliphatic rings. The molecule has 0 N–H and O–H groups in total. The van der Waals surface area contributed by atoms with Crippen molar-refractivity contribution in [2.75, 3.05) is 11.4 Å². The molecule has 0 bridgehead atoms. The number of esters is 1. The highest BCUT2D eigenvalue weighted by Crippen LogP contribution is 2.35. The van der Waals surface area contributed by atoms with E-state index in [-0.39, 0.29) is 16.2 Å². The van der Waals surface area contributed by atoms with Crippen LogP contribution >= 0.6 is 11.6 Å². The van der Waals surface area contributed by atoms with Crippen LogP contribution in [0, 0.1) is 0 Å². The van der Waals surface area contributed by atoms with E-state index in [9.17, 15) is 26.4 Å². The quantitative estimate of drug-likeness (QED) is 0.311. The fourth-order valence-corrected chi connectivity index (χ4v) is 4.98. The van der Waals surface area contributed by atoms with Crippen LogP contribution in [0.15, 0.2) is 78.0 Å². The number of carbonyl (C=O) groups excluding carboxylic acids is 1. The lowest BCUT2D eigenvalue weighted by molar-refractivity contribution is -0.137. The summed E-state index contributed by atoms with van der Waals surface area (Å²) in [5.74, 6) is -1.12. The minimum atomic E-state index is -4.74. The summed E-state index contributed by atoms with van der Waals surface area (Å²) in [5.41, 5.74) is -0.274. The van der Waals surface area contributed by atoms with E-state index in [1.807, 2.05) is 0 Å². The maximum atomic E-state index is 13.6. The zero-order valence-electron chi connectivity index (χ0n) is 18.9. The Hall–Kier alpha value is -3.97. The van der Waals surface area contributed by atoms with Gasteiger partial charge in [-0.15, -0.1) is 0 Å². The Bertz CT molecular complexity index is 1530.